The number of carbonyl (C=O) groups is 1. The molecule has 2 rings (SSSR count). The number of carbonyl (C=O) groups excluding carboxylic acids is 1. The van der Waals surface area contributed by atoms with E-state index in [2.05, 4.69) is 26.0 Å². The first kappa shape index (κ1) is 10.1. The van der Waals surface area contributed by atoms with E-state index in [1.165, 1.54) is 10.9 Å². The second-order valence-electron chi connectivity index (χ2n) is 3.05. The van der Waals surface area contributed by atoms with Crippen molar-refractivity contribution in [2.24, 2.45) is 7.05 Å². The maximum Gasteiger partial charge on any atom is 0.233 e. The molecule has 78 valence electrons. The van der Waals surface area contributed by atoms with E-state index < -0.39 is 0 Å². The van der Waals surface area contributed by atoms with Crippen molar-refractivity contribution in [3.05, 3.63) is 34.2 Å². The third-order valence-electron chi connectivity index (χ3n) is 1.96. The molecule has 0 saturated heterocycles. The molecule has 0 spiro atoms. The largest absolute Gasteiger partial charge is 0.449 e. The minimum atomic E-state index is -0.210. The van der Waals surface area contributed by atoms with Crippen molar-refractivity contribution in [3.8, 4) is 0 Å². The fourth-order valence-electron chi connectivity index (χ4n) is 1.26. The predicted octanol–water partition coefficient (Wildman–Crippen LogP) is 1.71. The molecule has 0 N–H and O–H groups in total. The quantitative estimate of drug-likeness (QED) is 0.779. The first-order valence-electron chi connectivity index (χ1n) is 4.24. The van der Waals surface area contributed by atoms with Crippen LogP contribution in [0.2, 0.25) is 0 Å². The highest BCUT2D eigenvalue weighted by Crippen LogP contribution is 2.18. The molecule has 0 aromatic carbocycles. The average molecular weight is 270 g/mol. The number of halogens is 1. The second kappa shape index (κ2) is 3.62. The maximum absolute atomic E-state index is 11.9. The van der Waals surface area contributed by atoms with Gasteiger partial charge in [0, 0.05) is 14.0 Å². The lowest BCUT2D eigenvalue weighted by atomic mass is 10.2. The molecule has 0 aliphatic carbocycles. The van der Waals surface area contributed by atoms with Crippen LogP contribution < -0.4 is 0 Å². The fourth-order valence-corrected chi connectivity index (χ4v) is 1.78. The Labute approximate surface area is 94.2 Å². The maximum atomic E-state index is 11.9. The Morgan fingerprint density at radius 2 is 2.33 bits per heavy atom. The molecule has 0 aliphatic heterocycles. The van der Waals surface area contributed by atoms with Crippen molar-refractivity contribution >= 4 is 21.7 Å². The Morgan fingerprint density at radius 1 is 1.60 bits per heavy atom. The molecule has 0 saturated carbocycles. The molecule has 2 aromatic heterocycles. The molecular weight excluding hydrogens is 262 g/mol. The molecule has 0 amide bonds. The van der Waals surface area contributed by atoms with Gasteiger partial charge in [-0.1, -0.05) is 0 Å². The highest BCUT2D eigenvalue weighted by molar-refractivity contribution is 9.10. The molecule has 2 aromatic rings. The van der Waals surface area contributed by atoms with Crippen LogP contribution in [0.4, 0.5) is 0 Å². The van der Waals surface area contributed by atoms with Crippen molar-refractivity contribution in [3.63, 3.8) is 0 Å². The van der Waals surface area contributed by atoms with E-state index in [9.17, 15) is 4.79 Å². The summed E-state index contributed by atoms with van der Waals surface area (Å²) in [7, 11) is 1.70. The van der Waals surface area contributed by atoms with Crippen molar-refractivity contribution in [2.45, 2.75) is 6.92 Å². The van der Waals surface area contributed by atoms with Crippen molar-refractivity contribution < 1.29 is 9.21 Å². The van der Waals surface area contributed by atoms with Crippen LogP contribution in [0.5, 0.6) is 0 Å². The minimum Gasteiger partial charge on any atom is -0.449 e. The van der Waals surface area contributed by atoms with E-state index in [-0.39, 0.29) is 11.5 Å². The van der Waals surface area contributed by atoms with Crippen molar-refractivity contribution in [2.75, 3.05) is 0 Å². The summed E-state index contributed by atoms with van der Waals surface area (Å²) < 4.78 is 7.13. The summed E-state index contributed by atoms with van der Waals surface area (Å²) in [5, 5.41) is 3.96. The normalized spacial score (nSPS) is 10.6. The number of hydrogen-bond donors (Lipinski definition) is 0. The van der Waals surface area contributed by atoms with Crippen molar-refractivity contribution in [1.29, 1.82) is 0 Å². The molecule has 0 radical (unpaired) electrons. The first-order chi connectivity index (χ1) is 7.09. The molecular formula is C9H8BrN3O2. The summed E-state index contributed by atoms with van der Waals surface area (Å²) in [6.45, 7) is 1.69. The Bertz CT molecular complexity index is 496. The van der Waals surface area contributed by atoms with E-state index in [0.29, 0.717) is 16.1 Å². The monoisotopic (exact) mass is 269 g/mol. The highest BCUT2D eigenvalue weighted by Gasteiger charge is 2.19. The second-order valence-corrected chi connectivity index (χ2v) is 3.90. The van der Waals surface area contributed by atoms with Crippen molar-refractivity contribution in [1.82, 2.24) is 14.8 Å². The number of aryl methyl sites for hydroxylation is 2. The molecule has 0 unspecified atom stereocenters. The topological polar surface area (TPSA) is 60.9 Å². The zero-order chi connectivity index (χ0) is 11.0. The zero-order valence-electron chi connectivity index (χ0n) is 8.19. The van der Waals surface area contributed by atoms with Gasteiger partial charge < -0.3 is 4.42 Å². The first-order valence-corrected chi connectivity index (χ1v) is 5.03. The summed E-state index contributed by atoms with van der Waals surface area (Å²) in [5.74, 6) is 0.260. The predicted molar refractivity (Wildman–Crippen MR) is 55.6 cm³/mol. The van der Waals surface area contributed by atoms with Crippen LogP contribution in [0.15, 0.2) is 21.3 Å². The van der Waals surface area contributed by atoms with E-state index in [1.807, 2.05) is 0 Å². The third-order valence-corrected chi connectivity index (χ3v) is 2.54. The molecule has 6 heteroatoms. The van der Waals surface area contributed by atoms with Gasteiger partial charge >= 0.3 is 0 Å². The van der Waals surface area contributed by atoms with Crippen LogP contribution in [-0.2, 0) is 7.05 Å². The van der Waals surface area contributed by atoms with Gasteiger partial charge in [0.25, 0.3) is 0 Å². The number of ketones is 1. The van der Waals surface area contributed by atoms with Crippen LogP contribution in [0.3, 0.4) is 0 Å². The fraction of sp³-hybridized carbons (Fsp3) is 0.222. The van der Waals surface area contributed by atoms with Crippen LogP contribution in [-0.4, -0.2) is 20.5 Å². The number of aromatic nitrogens is 3. The van der Waals surface area contributed by atoms with Crippen LogP contribution >= 0.6 is 15.9 Å². The standard InChI is InChI=1S/C9H8BrN3O2/c1-5-12-7(4-15-5)9(14)8-6(10)3-11-13(8)2/h3-4H,1-2H3. The van der Waals surface area contributed by atoms with Gasteiger partial charge in [-0.3, -0.25) is 9.48 Å². The average Bonchev–Trinajstić information content (AvgIpc) is 2.73. The van der Waals surface area contributed by atoms with Gasteiger partial charge in [-0.25, -0.2) is 4.98 Å². The van der Waals surface area contributed by atoms with E-state index >= 15 is 0 Å². The van der Waals surface area contributed by atoms with Gasteiger partial charge in [0.2, 0.25) is 5.78 Å². The van der Waals surface area contributed by atoms with E-state index in [1.54, 1.807) is 20.2 Å². The van der Waals surface area contributed by atoms with E-state index in [4.69, 9.17) is 4.42 Å². The number of rotatable bonds is 2. The van der Waals surface area contributed by atoms with Crippen LogP contribution in [0.1, 0.15) is 22.1 Å². The van der Waals surface area contributed by atoms with Gasteiger partial charge in [0.15, 0.2) is 11.6 Å². The molecule has 15 heavy (non-hydrogen) atoms. The molecule has 0 atom stereocenters. The molecule has 0 fully saturated rings. The van der Waals surface area contributed by atoms with Gasteiger partial charge in [-0.05, 0) is 15.9 Å². The van der Waals surface area contributed by atoms with Gasteiger partial charge in [-0.15, -0.1) is 0 Å². The number of hydrogen-bond acceptors (Lipinski definition) is 4. The number of nitrogens with zero attached hydrogens (tertiary/aromatic N) is 3. The van der Waals surface area contributed by atoms with Gasteiger partial charge in [-0.2, -0.15) is 5.10 Å². The lowest BCUT2D eigenvalue weighted by molar-refractivity contribution is 0.102. The summed E-state index contributed by atoms with van der Waals surface area (Å²) in [5.41, 5.74) is 0.750. The Balaban J connectivity index is 2.45. The molecule has 0 bridgehead atoms. The summed E-state index contributed by atoms with van der Waals surface area (Å²) in [6, 6.07) is 0. The lowest BCUT2D eigenvalue weighted by Gasteiger charge is -1.98. The van der Waals surface area contributed by atoms with Crippen LogP contribution in [0.25, 0.3) is 0 Å². The summed E-state index contributed by atoms with van der Waals surface area (Å²) in [4.78, 5) is 15.9. The van der Waals surface area contributed by atoms with Crippen LogP contribution in [0, 0.1) is 6.92 Å². The number of oxazole rings is 1. The van der Waals surface area contributed by atoms with E-state index in [0.717, 1.165) is 0 Å². The van der Waals surface area contributed by atoms with Gasteiger partial charge in [0.05, 0.1) is 10.7 Å². The molecule has 0 aliphatic rings. The molecule has 2 heterocycles. The summed E-state index contributed by atoms with van der Waals surface area (Å²) in [6.07, 6.45) is 2.91. The Morgan fingerprint density at radius 3 is 2.80 bits per heavy atom. The zero-order valence-corrected chi connectivity index (χ0v) is 9.78. The smallest absolute Gasteiger partial charge is 0.233 e. The lowest BCUT2D eigenvalue weighted by Crippen LogP contribution is -2.09. The minimum absolute atomic E-state index is 0.210. The Kier molecular flexibility index (Phi) is 2.44. The molecule has 5 nitrogen and oxygen atoms in total. The Hall–Kier alpha value is -1.43. The highest BCUT2D eigenvalue weighted by atomic mass is 79.9. The third kappa shape index (κ3) is 1.72. The summed E-state index contributed by atoms with van der Waals surface area (Å²) >= 11 is 3.26. The SMILES string of the molecule is Cc1nc(C(=O)c2c(Br)cnn2C)co1. The van der Waals surface area contributed by atoms with Gasteiger partial charge in [0.1, 0.15) is 12.0 Å².